The molecule has 1 atom stereocenters. The zero-order chi connectivity index (χ0) is 15.7. The Morgan fingerprint density at radius 1 is 1.32 bits per heavy atom. The Kier molecular flexibility index (Phi) is 3.66. The summed E-state index contributed by atoms with van der Waals surface area (Å²) in [5, 5.41) is 4.44. The van der Waals surface area contributed by atoms with Crippen molar-refractivity contribution in [3.8, 4) is 5.75 Å². The molecule has 2 saturated heterocycles. The molecule has 1 aromatic rings. The van der Waals surface area contributed by atoms with Crippen molar-refractivity contribution in [1.82, 2.24) is 15.5 Å². The second kappa shape index (κ2) is 5.63. The number of likely N-dealkylation sites (tertiary alicyclic amines) is 1. The standard InChI is InChI=1S/C14H14FN3O4/c15-9-3-1-2-4-11(9)22-8-6-18(7-8)12(19)5-10-13(20)17-14(21)16-10/h1-4,8,10H,5-7H2,(H2,16,17,20,21). The topological polar surface area (TPSA) is 87.7 Å². The number of benzene rings is 1. The number of amides is 4. The van der Waals surface area contributed by atoms with Gasteiger partial charge in [0.05, 0.1) is 19.5 Å². The van der Waals surface area contributed by atoms with E-state index in [0.29, 0.717) is 13.1 Å². The molecule has 0 aromatic heterocycles. The van der Waals surface area contributed by atoms with Crippen molar-refractivity contribution in [2.24, 2.45) is 0 Å². The van der Waals surface area contributed by atoms with Crippen LogP contribution in [-0.4, -0.2) is 48.0 Å². The Morgan fingerprint density at radius 2 is 2.05 bits per heavy atom. The van der Waals surface area contributed by atoms with Crippen LogP contribution in [0, 0.1) is 5.82 Å². The monoisotopic (exact) mass is 307 g/mol. The maximum Gasteiger partial charge on any atom is 0.322 e. The average molecular weight is 307 g/mol. The van der Waals surface area contributed by atoms with Gasteiger partial charge in [-0.25, -0.2) is 9.18 Å². The molecule has 2 heterocycles. The number of para-hydroxylation sites is 1. The molecule has 1 aromatic carbocycles. The highest BCUT2D eigenvalue weighted by atomic mass is 19.1. The number of carbonyl (C=O) groups excluding carboxylic acids is 3. The number of halogens is 1. The van der Waals surface area contributed by atoms with E-state index in [1.54, 1.807) is 12.1 Å². The summed E-state index contributed by atoms with van der Waals surface area (Å²) in [6.07, 6.45) is -0.364. The minimum atomic E-state index is -0.827. The van der Waals surface area contributed by atoms with Gasteiger partial charge in [-0.15, -0.1) is 0 Å². The van der Waals surface area contributed by atoms with Crippen LogP contribution in [0.5, 0.6) is 5.75 Å². The molecule has 0 bridgehead atoms. The molecule has 2 fully saturated rings. The Bertz CT molecular complexity index is 630. The van der Waals surface area contributed by atoms with Gasteiger partial charge in [-0.3, -0.25) is 14.9 Å². The lowest BCUT2D eigenvalue weighted by Gasteiger charge is -2.39. The van der Waals surface area contributed by atoms with Crippen LogP contribution in [0.4, 0.5) is 9.18 Å². The predicted molar refractivity (Wildman–Crippen MR) is 72.5 cm³/mol. The van der Waals surface area contributed by atoms with Gasteiger partial charge in [0.2, 0.25) is 5.91 Å². The summed E-state index contributed by atoms with van der Waals surface area (Å²) in [5.74, 6) is -1.05. The fraction of sp³-hybridized carbons (Fsp3) is 0.357. The molecule has 1 unspecified atom stereocenters. The van der Waals surface area contributed by atoms with E-state index in [1.165, 1.54) is 17.0 Å². The Labute approximate surface area is 125 Å². The first-order chi connectivity index (χ1) is 10.5. The van der Waals surface area contributed by atoms with Crippen LogP contribution in [-0.2, 0) is 9.59 Å². The van der Waals surface area contributed by atoms with Crippen molar-refractivity contribution < 1.29 is 23.5 Å². The second-order valence-corrected chi connectivity index (χ2v) is 5.19. The highest BCUT2D eigenvalue weighted by Gasteiger charge is 2.37. The molecule has 7 nitrogen and oxygen atoms in total. The van der Waals surface area contributed by atoms with E-state index >= 15 is 0 Å². The first-order valence-electron chi connectivity index (χ1n) is 6.83. The number of nitrogens with zero attached hydrogens (tertiary/aromatic N) is 1. The molecule has 0 saturated carbocycles. The van der Waals surface area contributed by atoms with Crippen molar-refractivity contribution in [3.05, 3.63) is 30.1 Å². The maximum atomic E-state index is 13.4. The smallest absolute Gasteiger partial charge is 0.322 e. The zero-order valence-corrected chi connectivity index (χ0v) is 11.5. The van der Waals surface area contributed by atoms with E-state index in [4.69, 9.17) is 4.74 Å². The van der Waals surface area contributed by atoms with Gasteiger partial charge in [-0.05, 0) is 12.1 Å². The molecule has 3 rings (SSSR count). The Morgan fingerprint density at radius 3 is 2.68 bits per heavy atom. The van der Waals surface area contributed by atoms with Crippen LogP contribution in [0.15, 0.2) is 24.3 Å². The third-order valence-corrected chi connectivity index (χ3v) is 3.57. The molecule has 0 aliphatic carbocycles. The lowest BCUT2D eigenvalue weighted by molar-refractivity contribution is -0.141. The Balaban J connectivity index is 1.47. The van der Waals surface area contributed by atoms with Crippen LogP contribution in [0.2, 0.25) is 0 Å². The number of hydrogen-bond donors (Lipinski definition) is 2. The lowest BCUT2D eigenvalue weighted by Crippen LogP contribution is -2.57. The molecule has 22 heavy (non-hydrogen) atoms. The molecule has 8 heteroatoms. The highest BCUT2D eigenvalue weighted by molar-refractivity contribution is 6.05. The molecular weight excluding hydrogens is 293 g/mol. The van der Waals surface area contributed by atoms with Crippen molar-refractivity contribution in [2.45, 2.75) is 18.6 Å². The highest BCUT2D eigenvalue weighted by Crippen LogP contribution is 2.21. The van der Waals surface area contributed by atoms with Gasteiger partial charge in [0, 0.05) is 0 Å². The summed E-state index contributed by atoms with van der Waals surface area (Å²) in [4.78, 5) is 35.8. The van der Waals surface area contributed by atoms with Gasteiger partial charge < -0.3 is 15.0 Å². The third-order valence-electron chi connectivity index (χ3n) is 3.57. The number of carbonyl (C=O) groups is 3. The summed E-state index contributed by atoms with van der Waals surface area (Å²) in [7, 11) is 0. The van der Waals surface area contributed by atoms with E-state index in [2.05, 4.69) is 10.6 Å². The van der Waals surface area contributed by atoms with Gasteiger partial charge in [-0.2, -0.15) is 0 Å². The first kappa shape index (κ1) is 14.3. The largest absolute Gasteiger partial charge is 0.484 e. The van der Waals surface area contributed by atoms with Crippen LogP contribution < -0.4 is 15.4 Å². The van der Waals surface area contributed by atoms with Crippen LogP contribution in [0.25, 0.3) is 0 Å². The third kappa shape index (κ3) is 2.85. The number of urea groups is 1. The number of nitrogens with one attached hydrogen (secondary N) is 2. The van der Waals surface area contributed by atoms with Crippen LogP contribution in [0.3, 0.4) is 0 Å². The van der Waals surface area contributed by atoms with E-state index in [1.807, 2.05) is 0 Å². The molecule has 2 aliphatic heterocycles. The molecule has 0 spiro atoms. The van der Waals surface area contributed by atoms with Crippen molar-refractivity contribution >= 4 is 17.8 Å². The average Bonchev–Trinajstić information content (AvgIpc) is 2.73. The van der Waals surface area contributed by atoms with Crippen LogP contribution in [0.1, 0.15) is 6.42 Å². The van der Waals surface area contributed by atoms with Crippen molar-refractivity contribution in [2.75, 3.05) is 13.1 Å². The predicted octanol–water partition coefficient (Wildman–Crippen LogP) is 0.0134. The SMILES string of the molecule is O=C1NC(=O)C(CC(=O)N2CC(Oc3ccccc3F)C2)N1. The van der Waals surface area contributed by atoms with Gasteiger partial charge in [0.15, 0.2) is 11.6 Å². The number of rotatable bonds is 4. The first-order valence-corrected chi connectivity index (χ1v) is 6.83. The molecule has 2 aliphatic rings. The van der Waals surface area contributed by atoms with Crippen molar-refractivity contribution in [3.63, 3.8) is 0 Å². The zero-order valence-electron chi connectivity index (χ0n) is 11.5. The van der Waals surface area contributed by atoms with Crippen molar-refractivity contribution in [1.29, 1.82) is 0 Å². The number of imide groups is 1. The molecule has 116 valence electrons. The summed E-state index contributed by atoms with van der Waals surface area (Å²) in [6, 6.07) is 4.65. The van der Waals surface area contributed by atoms with E-state index in [0.717, 1.165) is 0 Å². The summed E-state index contributed by atoms with van der Waals surface area (Å²) in [6.45, 7) is 0.658. The van der Waals surface area contributed by atoms with Gasteiger partial charge in [-0.1, -0.05) is 12.1 Å². The minimum Gasteiger partial charge on any atom is -0.484 e. The minimum absolute atomic E-state index is 0.0933. The fourth-order valence-electron chi connectivity index (χ4n) is 2.34. The summed E-state index contributed by atoms with van der Waals surface area (Å²) < 4.78 is 18.9. The summed E-state index contributed by atoms with van der Waals surface area (Å²) >= 11 is 0. The maximum absolute atomic E-state index is 13.4. The second-order valence-electron chi connectivity index (χ2n) is 5.19. The van der Waals surface area contributed by atoms with E-state index in [-0.39, 0.29) is 24.2 Å². The molecule has 0 radical (unpaired) electrons. The van der Waals surface area contributed by atoms with E-state index < -0.39 is 23.8 Å². The quantitative estimate of drug-likeness (QED) is 0.767. The van der Waals surface area contributed by atoms with Crippen LogP contribution >= 0.6 is 0 Å². The number of hydrogen-bond acceptors (Lipinski definition) is 4. The summed E-state index contributed by atoms with van der Waals surface area (Å²) in [5.41, 5.74) is 0. The van der Waals surface area contributed by atoms with Gasteiger partial charge >= 0.3 is 6.03 Å². The van der Waals surface area contributed by atoms with E-state index in [9.17, 15) is 18.8 Å². The Hall–Kier alpha value is -2.64. The normalized spacial score (nSPS) is 21.1. The molecular formula is C14H14FN3O4. The lowest BCUT2D eigenvalue weighted by atomic mass is 10.1. The molecule has 4 amide bonds. The van der Waals surface area contributed by atoms with Gasteiger partial charge in [0.1, 0.15) is 12.1 Å². The molecule has 2 N–H and O–H groups in total. The van der Waals surface area contributed by atoms with Gasteiger partial charge in [0.25, 0.3) is 5.91 Å². The fourth-order valence-corrected chi connectivity index (χ4v) is 2.34. The number of ether oxygens (including phenoxy) is 1.